The first-order valence-corrected chi connectivity index (χ1v) is 9.41. The molecular weight excluding hydrogens is 330 g/mol. The summed E-state index contributed by atoms with van der Waals surface area (Å²) in [6, 6.07) is 17.3. The van der Waals surface area contributed by atoms with Crippen LogP contribution in [0.15, 0.2) is 54.7 Å². The van der Waals surface area contributed by atoms with E-state index in [0.29, 0.717) is 6.04 Å². The van der Waals surface area contributed by atoms with Crippen LogP contribution in [-0.2, 0) is 13.1 Å². The molecule has 2 aromatic carbocycles. The smallest absolute Gasteiger partial charge is 0.0457 e. The number of piperidine rings is 1. The number of rotatable bonds is 5. The van der Waals surface area contributed by atoms with Crippen LogP contribution in [-0.4, -0.2) is 29.0 Å². The van der Waals surface area contributed by atoms with Crippen LogP contribution in [0, 0.1) is 0 Å². The number of para-hydroxylation sites is 1. The minimum atomic E-state index is 0.596. The van der Waals surface area contributed by atoms with Crippen molar-refractivity contribution in [2.45, 2.75) is 32.0 Å². The van der Waals surface area contributed by atoms with Crippen LogP contribution in [0.1, 0.15) is 24.0 Å². The summed E-state index contributed by atoms with van der Waals surface area (Å²) < 4.78 is 0. The van der Waals surface area contributed by atoms with Crippen LogP contribution < -0.4 is 5.32 Å². The van der Waals surface area contributed by atoms with Crippen molar-refractivity contribution in [1.29, 1.82) is 0 Å². The third-order valence-corrected chi connectivity index (χ3v) is 5.38. The second-order valence-corrected chi connectivity index (χ2v) is 7.36. The van der Waals surface area contributed by atoms with Gasteiger partial charge < -0.3 is 10.3 Å². The van der Waals surface area contributed by atoms with Crippen LogP contribution >= 0.6 is 11.6 Å². The minimum Gasteiger partial charge on any atom is -0.361 e. The lowest BCUT2D eigenvalue weighted by Gasteiger charge is -2.32. The molecule has 0 saturated carbocycles. The molecule has 3 aromatic rings. The molecule has 1 saturated heterocycles. The number of nitrogens with zero attached hydrogens (tertiary/aromatic N) is 1. The number of likely N-dealkylation sites (tertiary alicyclic amines) is 1. The summed E-state index contributed by atoms with van der Waals surface area (Å²) in [6.45, 7) is 4.22. The third kappa shape index (κ3) is 4.06. The predicted octanol–water partition coefficient (Wildman–Crippen LogP) is 4.58. The molecule has 1 aliphatic rings. The molecule has 0 atom stereocenters. The molecule has 0 amide bonds. The first-order chi connectivity index (χ1) is 12.3. The van der Waals surface area contributed by atoms with Crippen LogP contribution in [0.5, 0.6) is 0 Å². The van der Waals surface area contributed by atoms with Gasteiger partial charge in [-0.25, -0.2) is 0 Å². The van der Waals surface area contributed by atoms with Crippen molar-refractivity contribution in [3.05, 3.63) is 70.9 Å². The molecule has 0 bridgehead atoms. The number of hydrogen-bond acceptors (Lipinski definition) is 2. The Morgan fingerprint density at radius 3 is 2.76 bits per heavy atom. The average molecular weight is 354 g/mol. The Labute approximate surface area is 154 Å². The molecule has 0 spiro atoms. The largest absolute Gasteiger partial charge is 0.361 e. The molecule has 2 N–H and O–H groups in total. The molecular formula is C21H24ClN3. The third-order valence-electron chi connectivity index (χ3n) is 5.14. The molecule has 0 unspecified atom stereocenters. The van der Waals surface area contributed by atoms with Crippen LogP contribution in [0.4, 0.5) is 0 Å². The van der Waals surface area contributed by atoms with Gasteiger partial charge in [-0.2, -0.15) is 0 Å². The van der Waals surface area contributed by atoms with Crippen LogP contribution in [0.2, 0.25) is 5.02 Å². The van der Waals surface area contributed by atoms with Crippen molar-refractivity contribution in [3.8, 4) is 0 Å². The van der Waals surface area contributed by atoms with E-state index in [-0.39, 0.29) is 0 Å². The molecule has 130 valence electrons. The maximum atomic E-state index is 6.06. The summed E-state index contributed by atoms with van der Waals surface area (Å²) in [5.74, 6) is 0. The van der Waals surface area contributed by atoms with E-state index < -0.39 is 0 Å². The highest BCUT2D eigenvalue weighted by atomic mass is 35.5. The SMILES string of the molecule is Clc1cccc(CNC2CCN(Cc3c[nH]c4ccccc34)CC2)c1. The van der Waals surface area contributed by atoms with Gasteiger partial charge in [0.1, 0.15) is 0 Å². The normalized spacial score (nSPS) is 16.5. The Bertz CT molecular complexity index is 834. The summed E-state index contributed by atoms with van der Waals surface area (Å²) in [5.41, 5.74) is 3.89. The van der Waals surface area contributed by atoms with E-state index in [0.717, 1.165) is 31.2 Å². The quantitative estimate of drug-likeness (QED) is 0.703. The summed E-state index contributed by atoms with van der Waals surface area (Å²) in [6.07, 6.45) is 4.56. The van der Waals surface area contributed by atoms with E-state index in [4.69, 9.17) is 11.6 Å². The van der Waals surface area contributed by atoms with E-state index in [1.54, 1.807) is 0 Å². The number of benzene rings is 2. The van der Waals surface area contributed by atoms with Crippen molar-refractivity contribution in [3.63, 3.8) is 0 Å². The Balaban J connectivity index is 1.28. The van der Waals surface area contributed by atoms with E-state index in [9.17, 15) is 0 Å². The highest BCUT2D eigenvalue weighted by molar-refractivity contribution is 6.30. The van der Waals surface area contributed by atoms with Crippen molar-refractivity contribution < 1.29 is 0 Å². The standard InChI is InChI=1S/C21H24ClN3/c22-18-5-3-4-16(12-18)13-23-19-8-10-25(11-9-19)15-17-14-24-21-7-2-1-6-20(17)21/h1-7,12,14,19,23-24H,8-11,13,15H2. The fourth-order valence-electron chi connectivity index (χ4n) is 3.71. The van der Waals surface area contributed by atoms with Gasteiger partial charge in [0.25, 0.3) is 0 Å². The number of aromatic amines is 1. The topological polar surface area (TPSA) is 31.1 Å². The Hall–Kier alpha value is -1.81. The predicted molar refractivity (Wildman–Crippen MR) is 105 cm³/mol. The van der Waals surface area contributed by atoms with Crippen molar-refractivity contribution in [2.75, 3.05) is 13.1 Å². The Morgan fingerprint density at radius 1 is 1.08 bits per heavy atom. The first kappa shape index (κ1) is 16.6. The zero-order valence-corrected chi connectivity index (χ0v) is 15.1. The highest BCUT2D eigenvalue weighted by Gasteiger charge is 2.19. The maximum Gasteiger partial charge on any atom is 0.0457 e. The molecule has 0 radical (unpaired) electrons. The molecule has 3 nitrogen and oxygen atoms in total. The van der Waals surface area contributed by atoms with Gasteiger partial charge in [0, 0.05) is 41.3 Å². The summed E-state index contributed by atoms with van der Waals surface area (Å²) in [4.78, 5) is 5.94. The molecule has 1 fully saturated rings. The lowest BCUT2D eigenvalue weighted by Crippen LogP contribution is -2.41. The Kier molecular flexibility index (Phi) is 5.07. The van der Waals surface area contributed by atoms with Crippen molar-refractivity contribution in [1.82, 2.24) is 15.2 Å². The van der Waals surface area contributed by atoms with E-state index in [1.807, 2.05) is 18.2 Å². The number of H-pyrrole nitrogens is 1. The van der Waals surface area contributed by atoms with Gasteiger partial charge in [0.2, 0.25) is 0 Å². The molecule has 0 aliphatic carbocycles. The highest BCUT2D eigenvalue weighted by Crippen LogP contribution is 2.21. The summed E-state index contributed by atoms with van der Waals surface area (Å²) in [5, 5.41) is 5.85. The molecule has 2 heterocycles. The van der Waals surface area contributed by atoms with Gasteiger partial charge >= 0.3 is 0 Å². The summed E-state index contributed by atoms with van der Waals surface area (Å²) >= 11 is 6.06. The monoisotopic (exact) mass is 353 g/mol. The van der Waals surface area contributed by atoms with Gasteiger partial charge in [0.15, 0.2) is 0 Å². The van der Waals surface area contributed by atoms with Gasteiger partial charge in [-0.1, -0.05) is 41.9 Å². The number of nitrogens with one attached hydrogen (secondary N) is 2. The zero-order chi connectivity index (χ0) is 17.1. The minimum absolute atomic E-state index is 0.596. The van der Waals surface area contributed by atoms with E-state index in [2.05, 4.69) is 51.7 Å². The van der Waals surface area contributed by atoms with Crippen molar-refractivity contribution >= 4 is 22.5 Å². The number of hydrogen-bond donors (Lipinski definition) is 2. The van der Waals surface area contributed by atoms with Gasteiger partial charge in [-0.05, 0) is 55.3 Å². The molecule has 4 rings (SSSR count). The van der Waals surface area contributed by atoms with E-state index in [1.165, 1.54) is 34.9 Å². The lowest BCUT2D eigenvalue weighted by atomic mass is 10.0. The fourth-order valence-corrected chi connectivity index (χ4v) is 3.92. The van der Waals surface area contributed by atoms with Crippen LogP contribution in [0.3, 0.4) is 0 Å². The average Bonchev–Trinajstić information content (AvgIpc) is 3.04. The molecule has 1 aromatic heterocycles. The van der Waals surface area contributed by atoms with Gasteiger partial charge in [-0.3, -0.25) is 4.90 Å². The molecule has 25 heavy (non-hydrogen) atoms. The maximum absolute atomic E-state index is 6.06. The van der Waals surface area contributed by atoms with E-state index >= 15 is 0 Å². The Morgan fingerprint density at radius 2 is 1.92 bits per heavy atom. The van der Waals surface area contributed by atoms with Gasteiger partial charge in [-0.15, -0.1) is 0 Å². The fraction of sp³-hybridized carbons (Fsp3) is 0.333. The number of halogens is 1. The zero-order valence-electron chi connectivity index (χ0n) is 14.3. The van der Waals surface area contributed by atoms with Crippen LogP contribution in [0.25, 0.3) is 10.9 Å². The molecule has 4 heteroatoms. The number of fused-ring (bicyclic) bond motifs is 1. The molecule has 1 aliphatic heterocycles. The second kappa shape index (κ2) is 7.61. The number of aromatic nitrogens is 1. The first-order valence-electron chi connectivity index (χ1n) is 9.03. The second-order valence-electron chi connectivity index (χ2n) is 6.92. The van der Waals surface area contributed by atoms with Crippen molar-refractivity contribution in [2.24, 2.45) is 0 Å². The van der Waals surface area contributed by atoms with Gasteiger partial charge in [0.05, 0.1) is 0 Å². The summed E-state index contributed by atoms with van der Waals surface area (Å²) in [7, 11) is 0. The lowest BCUT2D eigenvalue weighted by molar-refractivity contribution is 0.190.